The van der Waals surface area contributed by atoms with Crippen molar-refractivity contribution < 1.29 is 4.74 Å². The molecule has 0 saturated carbocycles. The van der Waals surface area contributed by atoms with Gasteiger partial charge in [0.15, 0.2) is 11.0 Å². The summed E-state index contributed by atoms with van der Waals surface area (Å²) >= 11 is 6.77. The van der Waals surface area contributed by atoms with Crippen LogP contribution in [0.25, 0.3) is 22.0 Å². The molecule has 0 unspecified atom stereocenters. The summed E-state index contributed by atoms with van der Waals surface area (Å²) in [4.78, 5) is 4.79. The van der Waals surface area contributed by atoms with Crippen molar-refractivity contribution in [2.24, 2.45) is 7.05 Å². The highest BCUT2D eigenvalue weighted by Gasteiger charge is 2.14. The largest absolute Gasteiger partial charge is 0.496 e. The van der Waals surface area contributed by atoms with E-state index in [1.54, 1.807) is 30.2 Å². The molecular formula is C21H19BrN4OS2. The lowest BCUT2D eigenvalue weighted by atomic mass is 10.1. The van der Waals surface area contributed by atoms with Gasteiger partial charge in [-0.1, -0.05) is 57.5 Å². The molecule has 2 aromatic carbocycles. The lowest BCUT2D eigenvalue weighted by Crippen LogP contribution is -1.95. The summed E-state index contributed by atoms with van der Waals surface area (Å²) < 4.78 is 8.51. The molecule has 2 heterocycles. The number of thioether (sulfide) groups is 1. The SMILES string of the molecule is COc1ccc(Br)cc1-c1nc(CSc2nnc(-c3ccc(C)cc3)n2C)cs1. The van der Waals surface area contributed by atoms with Crippen LogP contribution in [0.15, 0.2) is 57.5 Å². The Labute approximate surface area is 186 Å². The van der Waals surface area contributed by atoms with Crippen molar-refractivity contribution >= 4 is 39.0 Å². The summed E-state index contributed by atoms with van der Waals surface area (Å²) in [5.74, 6) is 2.41. The number of ether oxygens (including phenoxy) is 1. The maximum Gasteiger partial charge on any atom is 0.191 e. The van der Waals surface area contributed by atoms with Gasteiger partial charge in [0.05, 0.1) is 18.4 Å². The third-order valence-electron chi connectivity index (χ3n) is 4.44. The fourth-order valence-electron chi connectivity index (χ4n) is 2.88. The number of nitrogens with zero attached hydrogens (tertiary/aromatic N) is 4. The third-order valence-corrected chi connectivity index (χ3v) is 6.91. The molecular weight excluding hydrogens is 468 g/mol. The van der Waals surface area contributed by atoms with Crippen LogP contribution in [0.3, 0.4) is 0 Å². The molecule has 148 valence electrons. The molecule has 0 atom stereocenters. The number of rotatable bonds is 6. The molecule has 0 N–H and O–H groups in total. The molecule has 4 aromatic rings. The molecule has 2 aromatic heterocycles. The van der Waals surface area contributed by atoms with Crippen LogP contribution in [0.1, 0.15) is 11.3 Å². The minimum Gasteiger partial charge on any atom is -0.496 e. The lowest BCUT2D eigenvalue weighted by Gasteiger charge is -2.06. The van der Waals surface area contributed by atoms with E-state index in [4.69, 9.17) is 9.72 Å². The van der Waals surface area contributed by atoms with Gasteiger partial charge in [0.25, 0.3) is 0 Å². The Morgan fingerprint density at radius 3 is 2.69 bits per heavy atom. The monoisotopic (exact) mass is 486 g/mol. The zero-order chi connectivity index (χ0) is 20.4. The van der Waals surface area contributed by atoms with Gasteiger partial charge in [0.2, 0.25) is 0 Å². The minimum absolute atomic E-state index is 0.729. The van der Waals surface area contributed by atoms with Crippen molar-refractivity contribution in [3.8, 4) is 27.7 Å². The molecule has 0 fully saturated rings. The van der Waals surface area contributed by atoms with Crippen molar-refractivity contribution in [3.05, 3.63) is 63.6 Å². The highest BCUT2D eigenvalue weighted by molar-refractivity contribution is 9.10. The van der Waals surface area contributed by atoms with Gasteiger partial charge in [-0.25, -0.2) is 4.98 Å². The first-order valence-corrected chi connectivity index (χ1v) is 11.6. The maximum atomic E-state index is 5.48. The number of aromatic nitrogens is 4. The molecule has 0 saturated heterocycles. The Balaban J connectivity index is 1.50. The van der Waals surface area contributed by atoms with E-state index >= 15 is 0 Å². The predicted octanol–water partition coefficient (Wildman–Crippen LogP) is 5.98. The van der Waals surface area contributed by atoms with Gasteiger partial charge in [0.1, 0.15) is 10.8 Å². The van der Waals surface area contributed by atoms with Crippen LogP contribution in [0.2, 0.25) is 0 Å². The van der Waals surface area contributed by atoms with Crippen molar-refractivity contribution in [2.45, 2.75) is 17.8 Å². The van der Waals surface area contributed by atoms with Crippen LogP contribution in [0, 0.1) is 6.92 Å². The molecule has 0 aliphatic heterocycles. The molecule has 0 aliphatic carbocycles. The van der Waals surface area contributed by atoms with Crippen molar-refractivity contribution in [2.75, 3.05) is 7.11 Å². The van der Waals surface area contributed by atoms with Crippen LogP contribution < -0.4 is 4.74 Å². The summed E-state index contributed by atoms with van der Waals surface area (Å²) in [5.41, 5.74) is 4.29. The average molecular weight is 487 g/mol. The van der Waals surface area contributed by atoms with Gasteiger partial charge in [-0.05, 0) is 25.1 Å². The van der Waals surface area contributed by atoms with E-state index in [0.717, 1.165) is 48.8 Å². The second kappa shape index (κ2) is 8.69. The first kappa shape index (κ1) is 20.1. The third kappa shape index (κ3) is 4.39. The molecule has 4 rings (SSSR count). The second-order valence-corrected chi connectivity index (χ2v) is 9.22. The first-order chi connectivity index (χ1) is 14.0. The van der Waals surface area contributed by atoms with Gasteiger partial charge >= 0.3 is 0 Å². The fraction of sp³-hybridized carbons (Fsp3) is 0.190. The van der Waals surface area contributed by atoms with E-state index < -0.39 is 0 Å². The Morgan fingerprint density at radius 1 is 1.14 bits per heavy atom. The average Bonchev–Trinajstić information content (AvgIpc) is 3.34. The van der Waals surface area contributed by atoms with Crippen molar-refractivity contribution in [3.63, 3.8) is 0 Å². The van der Waals surface area contributed by atoms with Crippen molar-refractivity contribution in [1.82, 2.24) is 19.7 Å². The second-order valence-electron chi connectivity index (χ2n) is 6.51. The van der Waals surface area contributed by atoms with E-state index in [1.165, 1.54) is 5.56 Å². The molecule has 5 nitrogen and oxygen atoms in total. The molecule has 29 heavy (non-hydrogen) atoms. The molecule has 0 aliphatic rings. The number of methoxy groups -OCH3 is 1. The van der Waals surface area contributed by atoms with Gasteiger partial charge in [-0.2, -0.15) is 0 Å². The van der Waals surface area contributed by atoms with Crippen LogP contribution in [-0.2, 0) is 12.8 Å². The Kier molecular flexibility index (Phi) is 6.03. The van der Waals surface area contributed by atoms with Crippen LogP contribution in [-0.4, -0.2) is 26.9 Å². The zero-order valence-corrected chi connectivity index (χ0v) is 19.4. The van der Waals surface area contributed by atoms with Crippen LogP contribution >= 0.6 is 39.0 Å². The van der Waals surface area contributed by atoms with Gasteiger partial charge in [-0.15, -0.1) is 21.5 Å². The zero-order valence-electron chi connectivity index (χ0n) is 16.2. The minimum atomic E-state index is 0.729. The summed E-state index contributed by atoms with van der Waals surface area (Å²) in [6, 6.07) is 14.3. The Bertz CT molecular complexity index is 1140. The van der Waals surface area contributed by atoms with E-state index in [2.05, 4.69) is 62.7 Å². The number of hydrogen-bond donors (Lipinski definition) is 0. The highest BCUT2D eigenvalue weighted by Crippen LogP contribution is 2.35. The summed E-state index contributed by atoms with van der Waals surface area (Å²) in [6.45, 7) is 2.08. The van der Waals surface area contributed by atoms with Gasteiger partial charge in [0, 0.05) is 28.2 Å². The highest BCUT2D eigenvalue weighted by atomic mass is 79.9. The Hall–Kier alpha value is -2.16. The van der Waals surface area contributed by atoms with Gasteiger partial charge in [-0.3, -0.25) is 0 Å². The van der Waals surface area contributed by atoms with E-state index in [-0.39, 0.29) is 0 Å². The normalized spacial score (nSPS) is 11.0. The van der Waals surface area contributed by atoms with Crippen LogP contribution in [0.4, 0.5) is 0 Å². The molecule has 8 heteroatoms. The van der Waals surface area contributed by atoms with Gasteiger partial charge < -0.3 is 9.30 Å². The topological polar surface area (TPSA) is 52.8 Å². The standard InChI is InChI=1S/C21H19BrN4OS2/c1-13-4-6-14(7-5-13)19-24-25-21(26(19)2)29-12-16-11-28-20(23-16)17-10-15(22)8-9-18(17)27-3/h4-11H,12H2,1-3H3. The maximum absolute atomic E-state index is 5.48. The van der Waals surface area contributed by atoms with Crippen LogP contribution in [0.5, 0.6) is 5.75 Å². The number of hydrogen-bond acceptors (Lipinski definition) is 6. The number of aryl methyl sites for hydroxylation is 1. The first-order valence-electron chi connectivity index (χ1n) is 8.92. The van der Waals surface area contributed by atoms with Crippen molar-refractivity contribution in [1.29, 1.82) is 0 Å². The predicted molar refractivity (Wildman–Crippen MR) is 123 cm³/mol. The smallest absolute Gasteiger partial charge is 0.191 e. The quantitative estimate of drug-likeness (QED) is 0.314. The number of halogens is 1. The lowest BCUT2D eigenvalue weighted by molar-refractivity contribution is 0.416. The van der Waals surface area contributed by atoms with E-state index in [9.17, 15) is 0 Å². The molecule has 0 amide bonds. The molecule has 0 bridgehead atoms. The number of benzene rings is 2. The summed E-state index contributed by atoms with van der Waals surface area (Å²) in [7, 11) is 3.67. The fourth-order valence-corrected chi connectivity index (χ4v) is 4.99. The van der Waals surface area contributed by atoms with E-state index in [1.807, 2.05) is 29.8 Å². The molecule has 0 radical (unpaired) electrons. The van der Waals surface area contributed by atoms with E-state index in [0.29, 0.717) is 0 Å². The Morgan fingerprint density at radius 2 is 1.93 bits per heavy atom. The summed E-state index contributed by atoms with van der Waals surface area (Å²) in [5, 5.41) is 12.6. The summed E-state index contributed by atoms with van der Waals surface area (Å²) in [6.07, 6.45) is 0. The molecule has 0 spiro atoms. The number of thiazole rings is 1.